The average Bonchev–Trinajstić information content (AvgIpc) is 3.14. The molecule has 7 aromatic rings. The zero-order chi connectivity index (χ0) is 33.1. The molecule has 0 aliphatic carbocycles. The Morgan fingerprint density at radius 3 is 1.65 bits per heavy atom. The van der Waals surface area contributed by atoms with E-state index in [1.54, 1.807) is 0 Å². The van der Waals surface area contributed by atoms with Crippen molar-refractivity contribution in [3.05, 3.63) is 203 Å². The first-order chi connectivity index (χ1) is 24.1. The molecule has 7 aromatic carbocycles. The minimum absolute atomic E-state index is 0.190. The molecule has 49 heavy (non-hydrogen) atoms. The summed E-state index contributed by atoms with van der Waals surface area (Å²) in [4.78, 5) is 2.46. The molecule has 2 aliphatic rings. The van der Waals surface area contributed by atoms with E-state index in [1.807, 2.05) is 0 Å². The highest BCUT2D eigenvalue weighted by Gasteiger charge is 2.46. The lowest BCUT2D eigenvalue weighted by molar-refractivity contribution is 0.590. The lowest BCUT2D eigenvalue weighted by Gasteiger charge is -2.46. The Morgan fingerprint density at radius 2 is 1.04 bits per heavy atom. The molecular weight excluding hydrogens is 593 g/mol. The summed E-state index contributed by atoms with van der Waals surface area (Å²) in [6.07, 6.45) is 0. The van der Waals surface area contributed by atoms with Crippen LogP contribution in [-0.2, 0) is 5.41 Å². The summed E-state index contributed by atoms with van der Waals surface area (Å²) in [5, 5.41) is 0. The lowest BCUT2D eigenvalue weighted by atomic mass is 9.50. The van der Waals surface area contributed by atoms with Gasteiger partial charge in [0.2, 0.25) is 0 Å². The highest BCUT2D eigenvalue weighted by Crippen LogP contribution is 2.57. The van der Waals surface area contributed by atoms with Gasteiger partial charge in [-0.2, -0.15) is 0 Å². The highest BCUT2D eigenvalue weighted by atomic mass is 16.4. The molecule has 0 spiro atoms. The van der Waals surface area contributed by atoms with Crippen LogP contribution in [-0.4, -0.2) is 6.92 Å². The normalized spacial score (nSPS) is 13.9. The fourth-order valence-electron chi connectivity index (χ4n) is 8.64. The number of hydrogen-bond donors (Lipinski definition) is 0. The quantitative estimate of drug-likeness (QED) is 0.180. The summed E-state index contributed by atoms with van der Waals surface area (Å²) in [7, 11) is 0. The van der Waals surface area contributed by atoms with E-state index in [0.717, 1.165) is 17.0 Å². The van der Waals surface area contributed by atoms with E-state index in [0.29, 0.717) is 0 Å². The van der Waals surface area contributed by atoms with Gasteiger partial charge >= 0.3 is 6.92 Å². The van der Waals surface area contributed by atoms with E-state index in [9.17, 15) is 0 Å². The molecule has 3 heteroatoms. The molecule has 0 amide bonds. The Balaban J connectivity index is 1.30. The molecule has 0 saturated heterocycles. The highest BCUT2D eigenvalue weighted by molar-refractivity contribution is 6.83. The van der Waals surface area contributed by atoms with Crippen LogP contribution in [0.4, 0.5) is 17.1 Å². The Morgan fingerprint density at radius 1 is 0.510 bits per heavy atom. The number of anilines is 3. The van der Waals surface area contributed by atoms with Crippen molar-refractivity contribution >= 4 is 34.9 Å². The minimum atomic E-state index is -0.494. The topological polar surface area (TPSA) is 12.5 Å². The third-order valence-corrected chi connectivity index (χ3v) is 10.5. The van der Waals surface area contributed by atoms with E-state index in [1.165, 1.54) is 66.8 Å². The second-order valence-corrected chi connectivity index (χ2v) is 13.4. The van der Waals surface area contributed by atoms with Gasteiger partial charge in [0.1, 0.15) is 5.75 Å². The molecule has 0 fully saturated rings. The van der Waals surface area contributed by atoms with Crippen molar-refractivity contribution in [3.8, 4) is 16.9 Å². The number of nitrogens with zero attached hydrogens (tertiary/aromatic N) is 1. The Bertz CT molecular complexity index is 2250. The molecule has 2 nitrogen and oxygen atoms in total. The maximum absolute atomic E-state index is 6.86. The van der Waals surface area contributed by atoms with Gasteiger partial charge in [-0.15, -0.1) is 0 Å². The number of aryl methyl sites for hydroxylation is 3. The minimum Gasteiger partial charge on any atom is -0.551 e. The second kappa shape index (κ2) is 11.4. The van der Waals surface area contributed by atoms with Crippen molar-refractivity contribution in [2.24, 2.45) is 0 Å². The van der Waals surface area contributed by atoms with Crippen LogP contribution < -0.4 is 20.5 Å². The smallest absolute Gasteiger partial charge is 0.427 e. The third kappa shape index (κ3) is 4.42. The van der Waals surface area contributed by atoms with Gasteiger partial charge < -0.3 is 9.55 Å². The predicted octanol–water partition coefficient (Wildman–Crippen LogP) is 9.94. The number of para-hydroxylation sites is 3. The van der Waals surface area contributed by atoms with Crippen molar-refractivity contribution in [3.63, 3.8) is 0 Å². The van der Waals surface area contributed by atoms with Gasteiger partial charge in [0.05, 0.1) is 16.8 Å². The average molecular weight is 630 g/mol. The zero-order valence-corrected chi connectivity index (χ0v) is 28.0. The predicted molar refractivity (Wildman–Crippen MR) is 205 cm³/mol. The van der Waals surface area contributed by atoms with Crippen LogP contribution in [0.3, 0.4) is 0 Å². The van der Waals surface area contributed by atoms with Gasteiger partial charge in [-0.3, -0.25) is 0 Å². The Labute approximate surface area is 289 Å². The van der Waals surface area contributed by atoms with Crippen molar-refractivity contribution in [1.82, 2.24) is 0 Å². The first-order valence-electron chi connectivity index (χ1n) is 17.1. The summed E-state index contributed by atoms with van der Waals surface area (Å²) in [6.45, 7) is 6.39. The van der Waals surface area contributed by atoms with E-state index < -0.39 is 5.41 Å². The van der Waals surface area contributed by atoms with Crippen LogP contribution in [0, 0.1) is 20.8 Å². The standard InChI is InChI=1S/C46H36BNO/c1-31-28-32(2)45(33(3)29-31)47-41-27-26-36(30-38(41)37-20-10-15-25-44(37)49-47)48-42-23-13-11-21-39(42)46(34-16-6-4-7-17-34,35-18-8-5-9-19-35)40-22-12-14-24-43(40)48/h4-30H,1-3H3. The largest absolute Gasteiger partial charge is 0.551 e. The van der Waals surface area contributed by atoms with Crippen LogP contribution >= 0.6 is 0 Å². The SMILES string of the molecule is Cc1cc(C)c(B2Oc3ccccc3-c3cc(N4c5ccccc5C(c5ccccc5)(c5ccccc5)c5ccccc54)ccc32)c(C)c1. The van der Waals surface area contributed by atoms with Gasteiger partial charge in [0, 0.05) is 11.3 Å². The van der Waals surface area contributed by atoms with Crippen molar-refractivity contribution < 1.29 is 4.65 Å². The van der Waals surface area contributed by atoms with Gasteiger partial charge in [0.25, 0.3) is 0 Å². The summed E-state index contributed by atoms with van der Waals surface area (Å²) in [5.74, 6) is 0.920. The van der Waals surface area contributed by atoms with E-state index >= 15 is 0 Å². The maximum atomic E-state index is 6.86. The lowest BCUT2D eigenvalue weighted by Crippen LogP contribution is -2.52. The second-order valence-electron chi connectivity index (χ2n) is 13.4. The van der Waals surface area contributed by atoms with Crippen LogP contribution in [0.1, 0.15) is 38.9 Å². The van der Waals surface area contributed by atoms with Gasteiger partial charge in [-0.25, -0.2) is 0 Å². The van der Waals surface area contributed by atoms with Crippen molar-refractivity contribution in [2.45, 2.75) is 26.2 Å². The van der Waals surface area contributed by atoms with E-state index in [-0.39, 0.29) is 6.92 Å². The van der Waals surface area contributed by atoms with Gasteiger partial charge in [-0.1, -0.05) is 150 Å². The molecule has 0 radical (unpaired) electrons. The Hall–Kier alpha value is -5.80. The van der Waals surface area contributed by atoms with Gasteiger partial charge in [-0.05, 0) is 89.8 Å². The molecule has 234 valence electrons. The molecule has 9 rings (SSSR count). The maximum Gasteiger partial charge on any atom is 0.427 e. The molecule has 2 aliphatic heterocycles. The molecular formula is C46H36BNO. The number of hydrogen-bond acceptors (Lipinski definition) is 2. The molecule has 0 unspecified atom stereocenters. The fraction of sp³-hybridized carbons (Fsp3) is 0.0870. The molecule has 0 atom stereocenters. The molecule has 2 heterocycles. The molecule has 0 saturated carbocycles. The summed E-state index contributed by atoms with van der Waals surface area (Å²) in [6, 6.07) is 59.9. The zero-order valence-electron chi connectivity index (χ0n) is 28.0. The number of benzene rings is 7. The first kappa shape index (κ1) is 29.4. The van der Waals surface area contributed by atoms with Gasteiger partial charge in [0.15, 0.2) is 0 Å². The Kier molecular flexibility index (Phi) is 6.84. The van der Waals surface area contributed by atoms with Crippen LogP contribution in [0.2, 0.25) is 0 Å². The fourth-order valence-corrected chi connectivity index (χ4v) is 8.64. The molecule has 0 N–H and O–H groups in total. The van der Waals surface area contributed by atoms with Crippen LogP contribution in [0.15, 0.2) is 164 Å². The molecule has 0 aromatic heterocycles. The summed E-state index contributed by atoms with van der Waals surface area (Å²) in [5.41, 5.74) is 16.6. The van der Waals surface area contributed by atoms with E-state index in [4.69, 9.17) is 4.65 Å². The summed E-state index contributed by atoms with van der Waals surface area (Å²) >= 11 is 0. The van der Waals surface area contributed by atoms with Crippen LogP contribution in [0.25, 0.3) is 11.1 Å². The summed E-state index contributed by atoms with van der Waals surface area (Å²) < 4.78 is 6.86. The van der Waals surface area contributed by atoms with Crippen molar-refractivity contribution in [2.75, 3.05) is 4.90 Å². The molecule has 0 bridgehead atoms. The number of fused-ring (bicyclic) bond motifs is 5. The van der Waals surface area contributed by atoms with E-state index in [2.05, 4.69) is 189 Å². The van der Waals surface area contributed by atoms with Crippen molar-refractivity contribution in [1.29, 1.82) is 0 Å². The monoisotopic (exact) mass is 629 g/mol. The third-order valence-electron chi connectivity index (χ3n) is 10.5. The number of rotatable bonds is 4. The van der Waals surface area contributed by atoms with Crippen LogP contribution in [0.5, 0.6) is 5.75 Å². The first-order valence-corrected chi connectivity index (χ1v) is 17.1.